The second kappa shape index (κ2) is 7.53. The average molecular weight is 333 g/mol. The molecule has 1 aliphatic heterocycles. The topological polar surface area (TPSA) is 68.5 Å². The van der Waals surface area contributed by atoms with Gasteiger partial charge in [-0.2, -0.15) is 0 Å². The maximum Gasteiger partial charge on any atom is 0.248 e. The quantitative estimate of drug-likeness (QED) is 0.841. The summed E-state index contributed by atoms with van der Waals surface area (Å²) in [4.78, 5) is 13.7. The third kappa shape index (κ3) is 3.79. The van der Waals surface area contributed by atoms with E-state index in [0.29, 0.717) is 37.0 Å². The molecule has 1 amide bonds. The van der Waals surface area contributed by atoms with Crippen LogP contribution < -0.4 is 0 Å². The van der Waals surface area contributed by atoms with Crippen molar-refractivity contribution in [3.63, 3.8) is 0 Å². The lowest BCUT2D eigenvalue weighted by atomic mass is 9.97. The molecule has 1 saturated heterocycles. The number of likely N-dealkylation sites (tertiary alicyclic amines) is 1. The van der Waals surface area contributed by atoms with Gasteiger partial charge in [0.05, 0.1) is 0 Å². The number of benzene rings is 1. The molecular formula is C17H20FN3O3. The lowest BCUT2D eigenvalue weighted by Crippen LogP contribution is -2.40. The van der Waals surface area contributed by atoms with E-state index in [1.807, 2.05) is 11.8 Å². The molecule has 0 saturated carbocycles. The SMILES string of the molecule is CCOCC(=O)N1CCC(c2nnc(-c3ccc(F)cc3)o2)CC1. The number of carbonyl (C=O) groups is 1. The van der Waals surface area contributed by atoms with Crippen LogP contribution in [0.15, 0.2) is 28.7 Å². The molecule has 0 N–H and O–H groups in total. The summed E-state index contributed by atoms with van der Waals surface area (Å²) < 4.78 is 23.9. The maximum absolute atomic E-state index is 13.0. The molecule has 0 bridgehead atoms. The fourth-order valence-corrected chi connectivity index (χ4v) is 2.77. The summed E-state index contributed by atoms with van der Waals surface area (Å²) >= 11 is 0. The first-order chi connectivity index (χ1) is 11.7. The lowest BCUT2D eigenvalue weighted by molar-refractivity contribution is -0.137. The first-order valence-electron chi connectivity index (χ1n) is 8.12. The fourth-order valence-electron chi connectivity index (χ4n) is 2.77. The Balaban J connectivity index is 1.59. The Hall–Kier alpha value is -2.28. The zero-order chi connectivity index (χ0) is 16.9. The second-order valence-electron chi connectivity index (χ2n) is 5.74. The molecule has 0 radical (unpaired) electrons. The van der Waals surface area contributed by atoms with E-state index in [0.717, 1.165) is 12.8 Å². The van der Waals surface area contributed by atoms with E-state index in [-0.39, 0.29) is 24.2 Å². The van der Waals surface area contributed by atoms with Crippen LogP contribution in [-0.4, -0.2) is 47.3 Å². The first-order valence-corrected chi connectivity index (χ1v) is 8.12. The van der Waals surface area contributed by atoms with Crippen LogP contribution in [0.25, 0.3) is 11.5 Å². The number of aromatic nitrogens is 2. The number of hydrogen-bond acceptors (Lipinski definition) is 5. The summed E-state index contributed by atoms with van der Waals surface area (Å²) in [6, 6.07) is 5.95. The number of carbonyl (C=O) groups excluding carboxylic acids is 1. The van der Waals surface area contributed by atoms with Crippen molar-refractivity contribution in [3.05, 3.63) is 36.0 Å². The van der Waals surface area contributed by atoms with Gasteiger partial charge in [0.25, 0.3) is 0 Å². The Morgan fingerprint density at radius 2 is 2.00 bits per heavy atom. The van der Waals surface area contributed by atoms with E-state index in [9.17, 15) is 9.18 Å². The average Bonchev–Trinajstić information content (AvgIpc) is 3.10. The molecule has 24 heavy (non-hydrogen) atoms. The Bertz CT molecular complexity index is 679. The van der Waals surface area contributed by atoms with Crippen LogP contribution in [0, 0.1) is 5.82 Å². The Morgan fingerprint density at radius 3 is 2.67 bits per heavy atom. The second-order valence-corrected chi connectivity index (χ2v) is 5.74. The smallest absolute Gasteiger partial charge is 0.248 e. The van der Waals surface area contributed by atoms with Crippen molar-refractivity contribution in [1.29, 1.82) is 0 Å². The maximum atomic E-state index is 13.0. The van der Waals surface area contributed by atoms with Gasteiger partial charge in [0.1, 0.15) is 12.4 Å². The summed E-state index contributed by atoms with van der Waals surface area (Å²) in [6.45, 7) is 3.86. The van der Waals surface area contributed by atoms with Gasteiger partial charge in [0, 0.05) is 31.2 Å². The zero-order valence-corrected chi connectivity index (χ0v) is 13.6. The van der Waals surface area contributed by atoms with Crippen molar-refractivity contribution >= 4 is 5.91 Å². The normalized spacial score (nSPS) is 15.7. The largest absolute Gasteiger partial charge is 0.420 e. The minimum Gasteiger partial charge on any atom is -0.420 e. The third-order valence-electron chi connectivity index (χ3n) is 4.16. The number of amides is 1. The third-order valence-corrected chi connectivity index (χ3v) is 4.16. The molecular weight excluding hydrogens is 313 g/mol. The van der Waals surface area contributed by atoms with E-state index >= 15 is 0 Å². The van der Waals surface area contributed by atoms with Crippen molar-refractivity contribution in [2.75, 3.05) is 26.3 Å². The van der Waals surface area contributed by atoms with Crippen LogP contribution in [0.1, 0.15) is 31.6 Å². The van der Waals surface area contributed by atoms with Gasteiger partial charge in [0.15, 0.2) is 0 Å². The van der Waals surface area contributed by atoms with Crippen molar-refractivity contribution in [2.45, 2.75) is 25.7 Å². The molecule has 0 unspecified atom stereocenters. The standard InChI is InChI=1S/C17H20FN3O3/c1-2-23-11-15(22)21-9-7-13(8-10-21)17-20-19-16(24-17)12-3-5-14(18)6-4-12/h3-6,13H,2,7-11H2,1H3. The molecule has 1 aromatic heterocycles. The van der Waals surface area contributed by atoms with Gasteiger partial charge < -0.3 is 14.1 Å². The van der Waals surface area contributed by atoms with Gasteiger partial charge in [0.2, 0.25) is 17.7 Å². The van der Waals surface area contributed by atoms with Gasteiger partial charge in [-0.25, -0.2) is 4.39 Å². The lowest BCUT2D eigenvalue weighted by Gasteiger charge is -2.30. The highest BCUT2D eigenvalue weighted by atomic mass is 19.1. The molecule has 2 aromatic rings. The summed E-state index contributed by atoms with van der Waals surface area (Å²) in [7, 11) is 0. The van der Waals surface area contributed by atoms with Crippen LogP contribution in [-0.2, 0) is 9.53 Å². The minimum atomic E-state index is -0.303. The molecule has 128 valence electrons. The highest BCUT2D eigenvalue weighted by Crippen LogP contribution is 2.29. The molecule has 0 aliphatic carbocycles. The molecule has 1 fully saturated rings. The molecule has 1 aromatic carbocycles. The Labute approximate surface area is 139 Å². The van der Waals surface area contributed by atoms with Crippen molar-refractivity contribution in [3.8, 4) is 11.5 Å². The molecule has 0 spiro atoms. The van der Waals surface area contributed by atoms with Crippen molar-refractivity contribution in [1.82, 2.24) is 15.1 Å². The summed E-state index contributed by atoms with van der Waals surface area (Å²) in [5.74, 6) is 0.823. The molecule has 7 heteroatoms. The summed E-state index contributed by atoms with van der Waals surface area (Å²) in [6.07, 6.45) is 1.56. The fraction of sp³-hybridized carbons (Fsp3) is 0.471. The Kier molecular flexibility index (Phi) is 5.20. The van der Waals surface area contributed by atoms with Crippen LogP contribution in [0.5, 0.6) is 0 Å². The highest BCUT2D eigenvalue weighted by molar-refractivity contribution is 5.77. The van der Waals surface area contributed by atoms with Gasteiger partial charge in [-0.3, -0.25) is 4.79 Å². The molecule has 2 heterocycles. The van der Waals surface area contributed by atoms with Crippen LogP contribution in [0.4, 0.5) is 4.39 Å². The first kappa shape index (κ1) is 16.6. The number of rotatable bonds is 5. The number of halogens is 1. The number of piperidine rings is 1. The van der Waals surface area contributed by atoms with Crippen LogP contribution >= 0.6 is 0 Å². The highest BCUT2D eigenvalue weighted by Gasteiger charge is 2.27. The molecule has 0 atom stereocenters. The molecule has 6 nitrogen and oxygen atoms in total. The number of hydrogen-bond donors (Lipinski definition) is 0. The van der Waals surface area contributed by atoms with Gasteiger partial charge in [-0.15, -0.1) is 10.2 Å². The minimum absolute atomic E-state index is 0.0211. The van der Waals surface area contributed by atoms with E-state index in [1.165, 1.54) is 12.1 Å². The van der Waals surface area contributed by atoms with Gasteiger partial charge in [-0.1, -0.05) is 0 Å². The zero-order valence-electron chi connectivity index (χ0n) is 13.6. The van der Waals surface area contributed by atoms with Gasteiger partial charge in [-0.05, 0) is 44.0 Å². The molecule has 1 aliphatic rings. The van der Waals surface area contributed by atoms with E-state index < -0.39 is 0 Å². The summed E-state index contributed by atoms with van der Waals surface area (Å²) in [5.41, 5.74) is 0.694. The van der Waals surface area contributed by atoms with E-state index in [2.05, 4.69) is 10.2 Å². The number of ether oxygens (including phenoxy) is 1. The molecule has 3 rings (SSSR count). The Morgan fingerprint density at radius 1 is 1.29 bits per heavy atom. The number of nitrogens with zero attached hydrogens (tertiary/aromatic N) is 3. The summed E-state index contributed by atoms with van der Waals surface area (Å²) in [5, 5.41) is 8.17. The van der Waals surface area contributed by atoms with Gasteiger partial charge >= 0.3 is 0 Å². The predicted molar refractivity (Wildman–Crippen MR) is 84.7 cm³/mol. The van der Waals surface area contributed by atoms with E-state index in [4.69, 9.17) is 9.15 Å². The van der Waals surface area contributed by atoms with Crippen LogP contribution in [0.2, 0.25) is 0 Å². The predicted octanol–water partition coefficient (Wildman–Crippen LogP) is 2.62. The monoisotopic (exact) mass is 333 g/mol. The van der Waals surface area contributed by atoms with Crippen LogP contribution in [0.3, 0.4) is 0 Å². The van der Waals surface area contributed by atoms with Crippen molar-refractivity contribution in [2.24, 2.45) is 0 Å². The van der Waals surface area contributed by atoms with Crippen molar-refractivity contribution < 1.29 is 18.3 Å². The van der Waals surface area contributed by atoms with E-state index in [1.54, 1.807) is 12.1 Å².